The van der Waals surface area contributed by atoms with Gasteiger partial charge in [-0.15, -0.1) is 12.4 Å². The van der Waals surface area contributed by atoms with E-state index in [2.05, 4.69) is 0 Å². The van der Waals surface area contributed by atoms with E-state index in [1.165, 1.54) is 12.1 Å². The number of aliphatic hydroxyl groups is 1. The van der Waals surface area contributed by atoms with Gasteiger partial charge in [0.05, 0.1) is 17.6 Å². The van der Waals surface area contributed by atoms with Crippen LogP contribution >= 0.6 is 12.4 Å². The Hall–Kier alpha value is -1.37. The lowest BCUT2D eigenvalue weighted by Gasteiger charge is -2.07. The minimum atomic E-state index is -0.705. The third-order valence-corrected chi connectivity index (χ3v) is 1.82. The van der Waals surface area contributed by atoms with E-state index in [0.717, 1.165) is 6.07 Å². The molecule has 6 nitrogen and oxygen atoms in total. The fourth-order valence-electron chi connectivity index (χ4n) is 1.02. The molecule has 1 atom stereocenters. The molecule has 4 N–H and O–H groups in total. The van der Waals surface area contributed by atoms with Crippen molar-refractivity contribution in [3.8, 4) is 5.75 Å². The summed E-state index contributed by atoms with van der Waals surface area (Å²) in [5.41, 5.74) is 5.46. The van der Waals surface area contributed by atoms with Gasteiger partial charge in [0.2, 0.25) is 0 Å². The van der Waals surface area contributed by atoms with Gasteiger partial charge in [-0.1, -0.05) is 6.07 Å². The molecule has 1 aromatic carbocycles. The number of nitrogens with two attached hydrogens (primary N) is 1. The summed E-state index contributed by atoms with van der Waals surface area (Å²) in [5, 5.41) is 28.3. The first-order chi connectivity index (χ1) is 6.56. The maximum Gasteiger partial charge on any atom is 0.311 e. The van der Waals surface area contributed by atoms with Crippen molar-refractivity contribution in [2.45, 2.75) is 6.04 Å². The molecule has 1 rings (SSSR count). The predicted molar refractivity (Wildman–Crippen MR) is 56.0 cm³/mol. The Labute approximate surface area is 91.9 Å². The van der Waals surface area contributed by atoms with Crippen molar-refractivity contribution in [3.05, 3.63) is 33.9 Å². The molecule has 0 aliphatic rings. The van der Waals surface area contributed by atoms with E-state index in [0.29, 0.717) is 5.56 Å². The number of phenolic OH excluding ortho intramolecular Hbond substituents is 1. The first kappa shape index (κ1) is 13.6. The molecular formula is C8H11ClN2O4. The molecule has 0 aliphatic carbocycles. The van der Waals surface area contributed by atoms with Gasteiger partial charge in [0, 0.05) is 6.07 Å². The molecule has 0 amide bonds. The summed E-state index contributed by atoms with van der Waals surface area (Å²) in [6, 6.07) is 3.09. The number of aromatic hydroxyl groups is 1. The zero-order valence-electron chi connectivity index (χ0n) is 7.66. The van der Waals surface area contributed by atoms with Crippen molar-refractivity contribution in [1.82, 2.24) is 0 Å². The number of nitro benzene ring substituents is 1. The second-order valence-electron chi connectivity index (χ2n) is 2.79. The maximum absolute atomic E-state index is 10.4. The van der Waals surface area contributed by atoms with Crippen LogP contribution in [0.5, 0.6) is 5.75 Å². The van der Waals surface area contributed by atoms with Crippen molar-refractivity contribution < 1.29 is 15.1 Å². The third kappa shape index (κ3) is 3.05. The first-order valence-electron chi connectivity index (χ1n) is 3.90. The molecule has 0 fully saturated rings. The van der Waals surface area contributed by atoms with Crippen LogP contribution in [-0.4, -0.2) is 21.7 Å². The normalized spacial score (nSPS) is 11.6. The maximum atomic E-state index is 10.4. The molecule has 84 valence electrons. The van der Waals surface area contributed by atoms with Crippen LogP contribution < -0.4 is 5.73 Å². The van der Waals surface area contributed by atoms with E-state index in [-0.39, 0.29) is 19.0 Å². The number of nitrogens with zero attached hydrogens (tertiary/aromatic N) is 1. The van der Waals surface area contributed by atoms with Gasteiger partial charge in [0.25, 0.3) is 0 Å². The second-order valence-corrected chi connectivity index (χ2v) is 2.79. The number of aliphatic hydroxyl groups excluding tert-OH is 1. The topological polar surface area (TPSA) is 110 Å². The van der Waals surface area contributed by atoms with Crippen LogP contribution in [0.1, 0.15) is 11.6 Å². The molecule has 1 aromatic rings. The van der Waals surface area contributed by atoms with Gasteiger partial charge in [-0.2, -0.15) is 0 Å². The van der Waals surface area contributed by atoms with Gasteiger partial charge in [0.1, 0.15) is 0 Å². The smallest absolute Gasteiger partial charge is 0.311 e. The number of benzene rings is 1. The number of hydrogen-bond acceptors (Lipinski definition) is 5. The monoisotopic (exact) mass is 234 g/mol. The van der Waals surface area contributed by atoms with Crippen LogP contribution in [-0.2, 0) is 0 Å². The summed E-state index contributed by atoms with van der Waals surface area (Å²) < 4.78 is 0. The Morgan fingerprint density at radius 2 is 2.13 bits per heavy atom. The largest absolute Gasteiger partial charge is 0.502 e. The third-order valence-electron chi connectivity index (χ3n) is 1.82. The number of nitro groups is 1. The number of rotatable bonds is 3. The van der Waals surface area contributed by atoms with Crippen LogP contribution in [0, 0.1) is 10.1 Å². The van der Waals surface area contributed by atoms with Crippen molar-refractivity contribution in [2.75, 3.05) is 6.61 Å². The summed E-state index contributed by atoms with van der Waals surface area (Å²) in [6.07, 6.45) is 0. The lowest BCUT2D eigenvalue weighted by molar-refractivity contribution is -0.385. The van der Waals surface area contributed by atoms with Gasteiger partial charge in [-0.05, 0) is 11.6 Å². The molecule has 7 heteroatoms. The summed E-state index contributed by atoms with van der Waals surface area (Å²) in [6.45, 7) is -0.304. The highest BCUT2D eigenvalue weighted by atomic mass is 35.5. The van der Waals surface area contributed by atoms with E-state index < -0.39 is 22.4 Å². The van der Waals surface area contributed by atoms with Crippen LogP contribution in [0.15, 0.2) is 18.2 Å². The molecule has 0 heterocycles. The fraction of sp³-hybridized carbons (Fsp3) is 0.250. The summed E-state index contributed by atoms with van der Waals surface area (Å²) in [5.74, 6) is -0.413. The lowest BCUT2D eigenvalue weighted by atomic mass is 10.1. The van der Waals surface area contributed by atoms with Gasteiger partial charge >= 0.3 is 5.69 Å². The number of phenols is 1. The average Bonchev–Trinajstić information content (AvgIpc) is 2.17. The predicted octanol–water partition coefficient (Wildman–Crippen LogP) is 0.714. The molecule has 0 bridgehead atoms. The highest BCUT2D eigenvalue weighted by molar-refractivity contribution is 5.85. The van der Waals surface area contributed by atoms with Gasteiger partial charge in [-0.3, -0.25) is 10.1 Å². The Morgan fingerprint density at radius 1 is 1.53 bits per heavy atom. The molecule has 0 aromatic heterocycles. The number of hydrogen-bond donors (Lipinski definition) is 3. The minimum absolute atomic E-state index is 0. The zero-order chi connectivity index (χ0) is 10.7. The quantitative estimate of drug-likeness (QED) is 0.527. The molecular weight excluding hydrogens is 224 g/mol. The van der Waals surface area contributed by atoms with E-state index >= 15 is 0 Å². The van der Waals surface area contributed by atoms with Gasteiger partial charge in [0.15, 0.2) is 5.75 Å². The Kier molecular flexibility index (Phi) is 4.99. The Morgan fingerprint density at radius 3 is 2.60 bits per heavy atom. The lowest BCUT2D eigenvalue weighted by Crippen LogP contribution is -2.14. The van der Waals surface area contributed by atoms with Crippen LogP contribution in [0.3, 0.4) is 0 Å². The van der Waals surface area contributed by atoms with Crippen molar-refractivity contribution >= 4 is 18.1 Å². The average molecular weight is 235 g/mol. The summed E-state index contributed by atoms with van der Waals surface area (Å²) in [4.78, 5) is 9.72. The first-order valence-corrected chi connectivity index (χ1v) is 3.90. The van der Waals surface area contributed by atoms with Crippen LogP contribution in [0.4, 0.5) is 5.69 Å². The molecule has 0 radical (unpaired) electrons. The van der Waals surface area contributed by atoms with Gasteiger partial charge < -0.3 is 15.9 Å². The summed E-state index contributed by atoms with van der Waals surface area (Å²) in [7, 11) is 0. The molecule has 0 saturated carbocycles. The van der Waals surface area contributed by atoms with E-state index in [4.69, 9.17) is 15.9 Å². The standard InChI is InChI=1S/C8H10N2O4.ClH/c9-6(4-11)5-1-2-8(12)7(3-5)10(13)14;/h1-3,6,11-12H,4,9H2;1H/t6-;/m1./s1. The fourth-order valence-corrected chi connectivity index (χ4v) is 1.02. The van der Waals surface area contributed by atoms with E-state index in [1.54, 1.807) is 0 Å². The van der Waals surface area contributed by atoms with E-state index in [9.17, 15) is 10.1 Å². The van der Waals surface area contributed by atoms with Crippen molar-refractivity contribution in [1.29, 1.82) is 0 Å². The molecule has 0 aliphatic heterocycles. The summed E-state index contributed by atoms with van der Waals surface area (Å²) >= 11 is 0. The van der Waals surface area contributed by atoms with Gasteiger partial charge in [-0.25, -0.2) is 0 Å². The molecule has 0 unspecified atom stereocenters. The van der Waals surface area contributed by atoms with Crippen LogP contribution in [0.2, 0.25) is 0 Å². The number of halogens is 1. The van der Waals surface area contributed by atoms with Crippen molar-refractivity contribution in [2.24, 2.45) is 5.73 Å². The Bertz CT molecular complexity index is 358. The highest BCUT2D eigenvalue weighted by Crippen LogP contribution is 2.27. The molecule has 0 spiro atoms. The molecule has 15 heavy (non-hydrogen) atoms. The SMILES string of the molecule is Cl.N[C@H](CO)c1ccc(O)c([N+](=O)[O-])c1. The molecule has 0 saturated heterocycles. The van der Waals surface area contributed by atoms with Crippen LogP contribution in [0.25, 0.3) is 0 Å². The zero-order valence-corrected chi connectivity index (χ0v) is 8.48. The highest BCUT2D eigenvalue weighted by Gasteiger charge is 2.15. The minimum Gasteiger partial charge on any atom is -0.502 e. The van der Waals surface area contributed by atoms with Crippen molar-refractivity contribution in [3.63, 3.8) is 0 Å². The Balaban J connectivity index is 0.00000196. The van der Waals surface area contributed by atoms with E-state index in [1.807, 2.05) is 0 Å². The second kappa shape index (κ2) is 5.50.